The van der Waals surface area contributed by atoms with Crippen molar-refractivity contribution < 1.29 is 0 Å². The average molecular weight is 293 g/mol. The Bertz CT molecular complexity index is 426. The van der Waals surface area contributed by atoms with Crippen molar-refractivity contribution >= 4 is 17.4 Å². The van der Waals surface area contributed by atoms with Crippen LogP contribution in [-0.4, -0.2) is 42.9 Å². The number of thioether (sulfide) groups is 1. The third kappa shape index (κ3) is 3.48. The van der Waals surface area contributed by atoms with E-state index in [0.717, 1.165) is 31.9 Å². The van der Waals surface area contributed by atoms with Gasteiger partial charge in [0.2, 0.25) is 0 Å². The van der Waals surface area contributed by atoms with Crippen LogP contribution in [0.4, 0.5) is 5.69 Å². The Morgan fingerprint density at radius 1 is 1.20 bits per heavy atom. The highest BCUT2D eigenvalue weighted by atomic mass is 32.2. The molecule has 1 saturated heterocycles. The second-order valence-corrected chi connectivity index (χ2v) is 6.81. The van der Waals surface area contributed by atoms with E-state index in [1.807, 2.05) is 11.8 Å². The molecule has 1 heterocycles. The normalized spacial score (nSPS) is 16.9. The third-order valence-electron chi connectivity index (χ3n) is 4.00. The lowest BCUT2D eigenvalue weighted by molar-refractivity contribution is 0.209. The summed E-state index contributed by atoms with van der Waals surface area (Å²) in [5.41, 5.74) is 8.67. The van der Waals surface area contributed by atoms with Gasteiger partial charge in [0, 0.05) is 54.9 Å². The molecule has 0 spiro atoms. The number of rotatable bonds is 5. The predicted molar refractivity (Wildman–Crippen MR) is 89.7 cm³/mol. The molecule has 0 unspecified atom stereocenters. The van der Waals surface area contributed by atoms with E-state index in [1.165, 1.54) is 16.1 Å². The fourth-order valence-corrected chi connectivity index (χ4v) is 3.67. The first kappa shape index (κ1) is 15.7. The molecular weight excluding hydrogens is 266 g/mol. The summed E-state index contributed by atoms with van der Waals surface area (Å²) in [6, 6.07) is 7.24. The SMILES string of the molecule is CCSc1cccc(N2CCN(C(C)C)CC2)c1CN. The first-order valence-corrected chi connectivity index (χ1v) is 8.59. The van der Waals surface area contributed by atoms with Gasteiger partial charge in [-0.2, -0.15) is 0 Å². The highest BCUT2D eigenvalue weighted by molar-refractivity contribution is 7.99. The van der Waals surface area contributed by atoms with E-state index >= 15 is 0 Å². The molecule has 3 nitrogen and oxygen atoms in total. The standard InChI is InChI=1S/C16H27N3S/c1-4-20-16-7-5-6-15(14(16)12-17)19-10-8-18(9-11-19)13(2)3/h5-7,13H,4,8-12,17H2,1-3H3. The Morgan fingerprint density at radius 2 is 1.90 bits per heavy atom. The van der Waals surface area contributed by atoms with E-state index < -0.39 is 0 Å². The lowest BCUT2D eigenvalue weighted by Gasteiger charge is -2.39. The predicted octanol–water partition coefficient (Wildman–Crippen LogP) is 2.79. The van der Waals surface area contributed by atoms with Crippen molar-refractivity contribution in [3.8, 4) is 0 Å². The molecule has 0 aliphatic carbocycles. The Balaban J connectivity index is 2.15. The summed E-state index contributed by atoms with van der Waals surface area (Å²) in [5.74, 6) is 1.09. The maximum Gasteiger partial charge on any atom is 0.0423 e. The lowest BCUT2D eigenvalue weighted by atomic mass is 10.1. The summed E-state index contributed by atoms with van der Waals surface area (Å²) >= 11 is 1.89. The van der Waals surface area contributed by atoms with Crippen LogP contribution in [0.3, 0.4) is 0 Å². The number of nitrogens with two attached hydrogens (primary N) is 1. The van der Waals surface area contributed by atoms with Gasteiger partial charge in [-0.25, -0.2) is 0 Å². The lowest BCUT2D eigenvalue weighted by Crippen LogP contribution is -2.49. The van der Waals surface area contributed by atoms with Gasteiger partial charge in [-0.1, -0.05) is 13.0 Å². The molecule has 1 aromatic rings. The van der Waals surface area contributed by atoms with E-state index in [9.17, 15) is 0 Å². The van der Waals surface area contributed by atoms with Crippen LogP contribution in [-0.2, 0) is 6.54 Å². The van der Waals surface area contributed by atoms with Crippen molar-refractivity contribution in [2.45, 2.75) is 38.3 Å². The number of hydrogen-bond donors (Lipinski definition) is 1. The first-order chi connectivity index (χ1) is 9.67. The minimum absolute atomic E-state index is 0.628. The molecule has 2 N–H and O–H groups in total. The third-order valence-corrected chi connectivity index (χ3v) is 4.98. The van der Waals surface area contributed by atoms with Crippen molar-refractivity contribution in [2.24, 2.45) is 5.73 Å². The molecule has 112 valence electrons. The molecule has 1 aliphatic heterocycles. The smallest absolute Gasteiger partial charge is 0.0423 e. The number of hydrogen-bond acceptors (Lipinski definition) is 4. The fourth-order valence-electron chi connectivity index (χ4n) is 2.83. The number of piperazine rings is 1. The zero-order chi connectivity index (χ0) is 14.5. The van der Waals surface area contributed by atoms with Crippen molar-refractivity contribution in [3.63, 3.8) is 0 Å². The van der Waals surface area contributed by atoms with Crippen LogP contribution in [0.25, 0.3) is 0 Å². The van der Waals surface area contributed by atoms with Crippen molar-refractivity contribution in [1.29, 1.82) is 0 Å². The number of benzene rings is 1. The Morgan fingerprint density at radius 3 is 2.45 bits per heavy atom. The molecule has 20 heavy (non-hydrogen) atoms. The second kappa shape index (κ2) is 7.34. The molecular formula is C16H27N3S. The molecule has 0 amide bonds. The molecule has 0 saturated carbocycles. The van der Waals surface area contributed by atoms with Gasteiger partial charge in [0.05, 0.1) is 0 Å². The first-order valence-electron chi connectivity index (χ1n) is 7.61. The largest absolute Gasteiger partial charge is 0.369 e. The van der Waals surface area contributed by atoms with Crippen LogP contribution in [0.5, 0.6) is 0 Å². The summed E-state index contributed by atoms with van der Waals surface area (Å²) < 4.78 is 0. The second-order valence-electron chi connectivity index (χ2n) is 5.51. The summed E-state index contributed by atoms with van der Waals surface area (Å²) in [7, 11) is 0. The molecule has 0 bridgehead atoms. The van der Waals surface area contributed by atoms with Gasteiger partial charge >= 0.3 is 0 Å². The van der Waals surface area contributed by atoms with Crippen molar-refractivity contribution in [3.05, 3.63) is 23.8 Å². The van der Waals surface area contributed by atoms with Crippen LogP contribution in [0.1, 0.15) is 26.3 Å². The minimum Gasteiger partial charge on any atom is -0.369 e. The highest BCUT2D eigenvalue weighted by Crippen LogP contribution is 2.31. The zero-order valence-corrected chi connectivity index (χ0v) is 13.7. The van der Waals surface area contributed by atoms with Crippen LogP contribution >= 0.6 is 11.8 Å². The highest BCUT2D eigenvalue weighted by Gasteiger charge is 2.21. The van der Waals surface area contributed by atoms with E-state index in [4.69, 9.17) is 5.73 Å². The van der Waals surface area contributed by atoms with Crippen LogP contribution in [0.2, 0.25) is 0 Å². The number of anilines is 1. The minimum atomic E-state index is 0.628. The van der Waals surface area contributed by atoms with Gasteiger partial charge in [0.1, 0.15) is 0 Å². The summed E-state index contributed by atoms with van der Waals surface area (Å²) in [6.45, 7) is 11.9. The Kier molecular flexibility index (Phi) is 5.75. The van der Waals surface area contributed by atoms with Crippen LogP contribution in [0.15, 0.2) is 23.1 Å². The van der Waals surface area contributed by atoms with Crippen molar-refractivity contribution in [1.82, 2.24) is 4.90 Å². The number of nitrogens with zero attached hydrogens (tertiary/aromatic N) is 2. The van der Waals surface area contributed by atoms with Gasteiger partial charge in [-0.3, -0.25) is 4.90 Å². The van der Waals surface area contributed by atoms with Gasteiger partial charge in [0.25, 0.3) is 0 Å². The maximum absolute atomic E-state index is 6.01. The monoisotopic (exact) mass is 293 g/mol. The molecule has 2 rings (SSSR count). The van der Waals surface area contributed by atoms with E-state index in [-0.39, 0.29) is 0 Å². The molecule has 1 aliphatic rings. The van der Waals surface area contributed by atoms with E-state index in [1.54, 1.807) is 0 Å². The van der Waals surface area contributed by atoms with Gasteiger partial charge < -0.3 is 10.6 Å². The zero-order valence-electron chi connectivity index (χ0n) is 12.9. The molecule has 0 atom stereocenters. The van der Waals surface area contributed by atoms with Gasteiger partial charge in [-0.15, -0.1) is 11.8 Å². The van der Waals surface area contributed by atoms with Crippen LogP contribution < -0.4 is 10.6 Å². The van der Waals surface area contributed by atoms with E-state index in [2.05, 4.69) is 48.8 Å². The molecule has 0 radical (unpaired) electrons. The van der Waals surface area contributed by atoms with Gasteiger partial charge in [-0.05, 0) is 31.7 Å². The molecule has 0 aromatic heterocycles. The van der Waals surface area contributed by atoms with Gasteiger partial charge in [0.15, 0.2) is 0 Å². The summed E-state index contributed by atoms with van der Waals surface area (Å²) in [4.78, 5) is 6.39. The Labute approximate surface area is 127 Å². The molecule has 4 heteroatoms. The fraction of sp³-hybridized carbons (Fsp3) is 0.625. The summed E-state index contributed by atoms with van der Waals surface area (Å²) in [5, 5.41) is 0. The average Bonchev–Trinajstić information content (AvgIpc) is 2.47. The quantitative estimate of drug-likeness (QED) is 0.846. The maximum atomic E-state index is 6.01. The molecule has 1 fully saturated rings. The van der Waals surface area contributed by atoms with E-state index in [0.29, 0.717) is 12.6 Å². The summed E-state index contributed by atoms with van der Waals surface area (Å²) in [6.07, 6.45) is 0. The van der Waals surface area contributed by atoms with Crippen molar-refractivity contribution in [2.75, 3.05) is 36.8 Å². The molecule has 1 aromatic carbocycles. The van der Waals surface area contributed by atoms with Crippen LogP contribution in [0, 0.1) is 0 Å². The topological polar surface area (TPSA) is 32.5 Å². The Hall–Kier alpha value is -0.710.